The monoisotopic (exact) mass is 925 g/mol. The maximum absolute atomic E-state index is 5.19. The van der Waals surface area contributed by atoms with Gasteiger partial charge < -0.3 is 14.4 Å². The zero-order chi connectivity index (χ0) is 48.5. The van der Waals surface area contributed by atoms with Crippen LogP contribution in [0.25, 0.3) is 72.5 Å². The molecule has 0 aliphatic carbocycles. The first-order chi connectivity index (χ1) is 35.4. The van der Waals surface area contributed by atoms with Crippen LogP contribution >= 0.6 is 0 Å². The van der Waals surface area contributed by atoms with E-state index >= 15 is 0 Å². The van der Waals surface area contributed by atoms with Gasteiger partial charge in [0.1, 0.15) is 0 Å². The zero-order valence-electron chi connectivity index (χ0n) is 40.5. The van der Waals surface area contributed by atoms with Gasteiger partial charge in [-0.2, -0.15) is 0 Å². The molecule has 5 heteroatoms. The molecule has 0 spiro atoms. The average Bonchev–Trinajstić information content (AvgIpc) is 3.75. The van der Waals surface area contributed by atoms with Crippen molar-refractivity contribution >= 4 is 55.9 Å². The van der Waals surface area contributed by atoms with Crippen LogP contribution in [-0.2, 0) is 0 Å². The van der Waals surface area contributed by atoms with Gasteiger partial charge in [-0.3, -0.25) is 0 Å². The van der Waals surface area contributed by atoms with E-state index in [1.807, 2.05) is 0 Å². The summed E-state index contributed by atoms with van der Waals surface area (Å²) in [4.78, 5) is 15.0. The first kappa shape index (κ1) is 43.9. The lowest BCUT2D eigenvalue weighted by Gasteiger charge is -2.26. The van der Waals surface area contributed by atoms with Crippen molar-refractivity contribution in [2.75, 3.05) is 9.80 Å². The average molecular weight is 926 g/mol. The molecule has 0 atom stereocenters. The molecule has 10 aromatic carbocycles. The van der Waals surface area contributed by atoms with E-state index in [0.717, 1.165) is 101 Å². The normalized spacial score (nSPS) is 11.3. The smallest absolute Gasteiger partial charge is 0.160 e. The van der Waals surface area contributed by atoms with Gasteiger partial charge in [0.15, 0.2) is 5.82 Å². The molecular weight excluding hydrogens is 875 g/mol. The fourth-order valence-corrected chi connectivity index (χ4v) is 10.1. The van der Waals surface area contributed by atoms with Crippen LogP contribution in [0.4, 0.5) is 34.1 Å². The molecule has 5 nitrogen and oxygen atoms in total. The Kier molecular flexibility index (Phi) is 11.5. The summed E-state index contributed by atoms with van der Waals surface area (Å²) in [5.74, 6) is 0.721. The lowest BCUT2D eigenvalue weighted by molar-refractivity contribution is 1.17. The van der Waals surface area contributed by atoms with Crippen molar-refractivity contribution in [1.29, 1.82) is 0 Å². The highest BCUT2D eigenvalue weighted by Crippen LogP contribution is 2.43. The highest BCUT2D eigenvalue weighted by atomic mass is 15.1. The van der Waals surface area contributed by atoms with Crippen LogP contribution < -0.4 is 9.80 Å². The van der Waals surface area contributed by atoms with E-state index in [0.29, 0.717) is 0 Å². The largest absolute Gasteiger partial charge is 0.310 e. The van der Waals surface area contributed by atoms with Crippen LogP contribution in [0.15, 0.2) is 255 Å². The molecular formula is C67H51N5. The molecule has 0 amide bonds. The number of nitrogens with zero attached hydrogens (tertiary/aromatic N) is 5. The van der Waals surface area contributed by atoms with Crippen LogP contribution in [0.2, 0.25) is 0 Å². The van der Waals surface area contributed by atoms with Gasteiger partial charge in [-0.15, -0.1) is 0 Å². The lowest BCUT2D eigenvalue weighted by Crippen LogP contribution is -2.09. The predicted octanol–water partition coefficient (Wildman–Crippen LogP) is 18.1. The molecule has 0 aliphatic rings. The fourth-order valence-electron chi connectivity index (χ4n) is 10.1. The molecule has 0 fully saturated rings. The molecule has 0 aliphatic heterocycles. The van der Waals surface area contributed by atoms with Crippen molar-refractivity contribution in [3.05, 3.63) is 271 Å². The van der Waals surface area contributed by atoms with Crippen molar-refractivity contribution in [2.24, 2.45) is 0 Å². The molecule has 12 aromatic rings. The van der Waals surface area contributed by atoms with E-state index in [1.54, 1.807) is 0 Å². The van der Waals surface area contributed by atoms with Crippen molar-refractivity contribution in [3.63, 3.8) is 0 Å². The van der Waals surface area contributed by atoms with Crippen molar-refractivity contribution < 1.29 is 0 Å². The minimum absolute atomic E-state index is 0.721. The third-order valence-electron chi connectivity index (χ3n) is 13.6. The van der Waals surface area contributed by atoms with Crippen molar-refractivity contribution in [3.8, 4) is 50.7 Å². The van der Waals surface area contributed by atoms with Gasteiger partial charge >= 0.3 is 0 Å². The van der Waals surface area contributed by atoms with Gasteiger partial charge in [0.05, 0.1) is 22.4 Å². The molecule has 0 N–H and O–H groups in total. The Labute approximate surface area is 421 Å². The molecule has 344 valence electrons. The Morgan fingerprint density at radius 3 is 1.26 bits per heavy atom. The van der Waals surface area contributed by atoms with E-state index in [4.69, 9.17) is 9.97 Å². The highest BCUT2D eigenvalue weighted by molar-refractivity contribution is 6.12. The molecule has 12 rings (SSSR count). The zero-order valence-corrected chi connectivity index (χ0v) is 40.5. The van der Waals surface area contributed by atoms with Gasteiger partial charge in [-0.25, -0.2) is 9.97 Å². The Bertz CT molecular complexity index is 3600. The van der Waals surface area contributed by atoms with Gasteiger partial charge in [-0.1, -0.05) is 151 Å². The molecule has 0 radical (unpaired) electrons. The van der Waals surface area contributed by atoms with E-state index in [2.05, 4.69) is 290 Å². The molecule has 2 heterocycles. The highest BCUT2D eigenvalue weighted by Gasteiger charge is 2.21. The second-order valence-corrected chi connectivity index (χ2v) is 18.5. The van der Waals surface area contributed by atoms with Crippen LogP contribution in [-0.4, -0.2) is 14.5 Å². The fraction of sp³-hybridized carbons (Fsp3) is 0.0448. The quantitative estimate of drug-likeness (QED) is 0.130. The molecule has 2 aromatic heterocycles. The molecule has 0 saturated heterocycles. The number of rotatable bonds is 11. The van der Waals surface area contributed by atoms with E-state index in [1.165, 1.54) is 21.9 Å². The van der Waals surface area contributed by atoms with Gasteiger partial charge in [0.25, 0.3) is 0 Å². The topological polar surface area (TPSA) is 37.2 Å². The predicted molar refractivity (Wildman–Crippen MR) is 302 cm³/mol. The van der Waals surface area contributed by atoms with Crippen LogP contribution in [0.5, 0.6) is 0 Å². The number of fused-ring (bicyclic) bond motifs is 3. The first-order valence-electron chi connectivity index (χ1n) is 24.6. The third kappa shape index (κ3) is 8.48. The van der Waals surface area contributed by atoms with E-state index < -0.39 is 0 Å². The molecule has 0 bridgehead atoms. The van der Waals surface area contributed by atoms with E-state index in [-0.39, 0.29) is 0 Å². The number of para-hydroxylation sites is 4. The van der Waals surface area contributed by atoms with Gasteiger partial charge in [0, 0.05) is 67.3 Å². The first-order valence-corrected chi connectivity index (χ1v) is 24.6. The summed E-state index contributed by atoms with van der Waals surface area (Å²) in [7, 11) is 0. The summed E-state index contributed by atoms with van der Waals surface area (Å²) in [6.45, 7) is 6.41. The third-order valence-corrected chi connectivity index (χ3v) is 13.6. The van der Waals surface area contributed by atoms with E-state index in [9.17, 15) is 0 Å². The number of anilines is 6. The molecule has 0 unspecified atom stereocenters. The van der Waals surface area contributed by atoms with Crippen molar-refractivity contribution in [2.45, 2.75) is 20.8 Å². The second-order valence-electron chi connectivity index (χ2n) is 18.5. The second kappa shape index (κ2) is 18.9. The summed E-state index contributed by atoms with van der Waals surface area (Å²) < 4.78 is 2.41. The standard InChI is InChI=1S/C67H51N5/c1-46-18-16-20-51(40-46)63-45-64(69-67(68-63)52-21-17-19-47(2)41-52)60-37-32-50(42-48(60)3)49-30-33-57(34-31-49)72-65-38-35-58(70(53-22-8-4-9-23-53)54-24-10-5-11-25-54)43-61(65)62-44-59(36-39-66(62)72)71(55-26-12-6-13-27-55)56-28-14-7-15-29-56/h4-45H,1-3H3. The number of benzene rings is 10. The molecule has 0 saturated carbocycles. The minimum atomic E-state index is 0.721. The maximum atomic E-state index is 5.19. The Balaban J connectivity index is 0.961. The Morgan fingerprint density at radius 1 is 0.319 bits per heavy atom. The summed E-state index contributed by atoms with van der Waals surface area (Å²) >= 11 is 0. The van der Waals surface area contributed by atoms with Crippen LogP contribution in [0.3, 0.4) is 0 Å². The summed E-state index contributed by atoms with van der Waals surface area (Å²) in [6.07, 6.45) is 0. The number of hydrogen-bond acceptors (Lipinski definition) is 4. The SMILES string of the molecule is Cc1cccc(-c2cc(-c3ccc(-c4ccc(-n5c6ccc(N(c7ccccc7)c7ccccc7)cc6c6cc(N(c7ccccc7)c7ccccc7)ccc65)cc4)cc3C)nc(-c3cccc(C)c3)n2)c1. The summed E-state index contributed by atoms with van der Waals surface area (Å²) in [6, 6.07) is 91.1. The summed E-state index contributed by atoms with van der Waals surface area (Å²) in [5, 5.41) is 2.33. The van der Waals surface area contributed by atoms with Crippen LogP contribution in [0, 0.1) is 20.8 Å². The minimum Gasteiger partial charge on any atom is -0.310 e. The lowest BCUT2D eigenvalue weighted by atomic mass is 9.97. The number of aryl methyl sites for hydroxylation is 3. The Morgan fingerprint density at radius 2 is 0.778 bits per heavy atom. The number of aromatic nitrogens is 3. The Hall–Kier alpha value is -9.32. The maximum Gasteiger partial charge on any atom is 0.160 e. The number of hydrogen-bond donors (Lipinski definition) is 0. The van der Waals surface area contributed by atoms with Crippen LogP contribution in [0.1, 0.15) is 16.7 Å². The summed E-state index contributed by atoms with van der Waals surface area (Å²) in [5.41, 5.74) is 20.7. The van der Waals surface area contributed by atoms with Gasteiger partial charge in [0.2, 0.25) is 0 Å². The van der Waals surface area contributed by atoms with Gasteiger partial charge in [-0.05, 0) is 153 Å². The van der Waals surface area contributed by atoms with Crippen molar-refractivity contribution in [1.82, 2.24) is 14.5 Å². The molecule has 72 heavy (non-hydrogen) atoms.